The smallest absolute Gasteiger partial charge is 0.226 e. The van der Waals surface area contributed by atoms with E-state index in [0.717, 1.165) is 49.5 Å². The SMILES string of the molecule is O=C(CCOc1ccccc1-c1ccccc1)N1CCCNCC1. The number of nitrogens with one attached hydrogen (secondary N) is 1. The molecule has 0 saturated carbocycles. The van der Waals surface area contributed by atoms with Crippen LogP contribution in [0, 0.1) is 0 Å². The van der Waals surface area contributed by atoms with Gasteiger partial charge in [-0.1, -0.05) is 48.5 Å². The molecule has 1 N–H and O–H groups in total. The van der Waals surface area contributed by atoms with E-state index in [1.54, 1.807) is 0 Å². The maximum absolute atomic E-state index is 12.3. The molecule has 126 valence electrons. The van der Waals surface area contributed by atoms with Gasteiger partial charge in [-0.2, -0.15) is 0 Å². The van der Waals surface area contributed by atoms with Crippen molar-refractivity contribution in [3.8, 4) is 16.9 Å². The topological polar surface area (TPSA) is 41.6 Å². The Labute approximate surface area is 143 Å². The molecule has 1 saturated heterocycles. The van der Waals surface area contributed by atoms with Crippen molar-refractivity contribution < 1.29 is 9.53 Å². The van der Waals surface area contributed by atoms with Gasteiger partial charge < -0.3 is 15.0 Å². The monoisotopic (exact) mass is 324 g/mol. The molecule has 24 heavy (non-hydrogen) atoms. The molecule has 2 aromatic rings. The molecule has 1 heterocycles. The van der Waals surface area contributed by atoms with Crippen molar-refractivity contribution in [2.45, 2.75) is 12.8 Å². The van der Waals surface area contributed by atoms with Crippen molar-refractivity contribution >= 4 is 5.91 Å². The number of carbonyl (C=O) groups is 1. The van der Waals surface area contributed by atoms with Gasteiger partial charge in [0.15, 0.2) is 0 Å². The Morgan fingerprint density at radius 1 is 1.00 bits per heavy atom. The third kappa shape index (κ3) is 4.36. The molecule has 1 fully saturated rings. The second kappa shape index (κ2) is 8.50. The number of hydrogen-bond acceptors (Lipinski definition) is 3. The van der Waals surface area contributed by atoms with Crippen LogP contribution in [-0.4, -0.2) is 43.6 Å². The molecule has 1 aliphatic rings. The highest BCUT2D eigenvalue weighted by molar-refractivity contribution is 5.76. The first-order valence-electron chi connectivity index (χ1n) is 8.60. The Morgan fingerprint density at radius 2 is 1.79 bits per heavy atom. The van der Waals surface area contributed by atoms with Crippen LogP contribution in [0.4, 0.5) is 0 Å². The van der Waals surface area contributed by atoms with E-state index in [9.17, 15) is 4.79 Å². The zero-order valence-electron chi connectivity index (χ0n) is 13.9. The molecule has 0 atom stereocenters. The number of para-hydroxylation sites is 1. The largest absolute Gasteiger partial charge is 0.492 e. The van der Waals surface area contributed by atoms with Crippen LogP contribution in [-0.2, 0) is 4.79 Å². The molecule has 4 nitrogen and oxygen atoms in total. The van der Waals surface area contributed by atoms with Gasteiger partial charge >= 0.3 is 0 Å². The van der Waals surface area contributed by atoms with E-state index in [4.69, 9.17) is 4.74 Å². The molecule has 4 heteroatoms. The van der Waals surface area contributed by atoms with Crippen LogP contribution in [0.1, 0.15) is 12.8 Å². The molecule has 3 rings (SSSR count). The highest BCUT2D eigenvalue weighted by atomic mass is 16.5. The average molecular weight is 324 g/mol. The van der Waals surface area contributed by atoms with Crippen molar-refractivity contribution in [2.75, 3.05) is 32.8 Å². The number of amides is 1. The number of hydrogen-bond donors (Lipinski definition) is 1. The van der Waals surface area contributed by atoms with E-state index in [1.165, 1.54) is 0 Å². The van der Waals surface area contributed by atoms with Gasteiger partial charge in [-0.15, -0.1) is 0 Å². The minimum atomic E-state index is 0.177. The Balaban J connectivity index is 1.58. The number of nitrogens with zero attached hydrogens (tertiary/aromatic N) is 1. The molecule has 0 unspecified atom stereocenters. The van der Waals surface area contributed by atoms with Gasteiger partial charge in [-0.25, -0.2) is 0 Å². The van der Waals surface area contributed by atoms with Gasteiger partial charge in [-0.3, -0.25) is 4.79 Å². The van der Waals surface area contributed by atoms with E-state index < -0.39 is 0 Å². The average Bonchev–Trinajstić information content (AvgIpc) is 2.92. The third-order valence-electron chi connectivity index (χ3n) is 4.24. The molecule has 0 aliphatic carbocycles. The van der Waals surface area contributed by atoms with Gasteiger partial charge in [0.1, 0.15) is 5.75 Å². The van der Waals surface area contributed by atoms with Crippen LogP contribution in [0.2, 0.25) is 0 Å². The fourth-order valence-electron chi connectivity index (χ4n) is 2.95. The second-order valence-corrected chi connectivity index (χ2v) is 5.94. The summed E-state index contributed by atoms with van der Waals surface area (Å²) in [4.78, 5) is 14.3. The molecule has 0 aromatic heterocycles. The number of rotatable bonds is 5. The summed E-state index contributed by atoms with van der Waals surface area (Å²) in [6.45, 7) is 3.91. The predicted molar refractivity (Wildman–Crippen MR) is 96.1 cm³/mol. The summed E-state index contributed by atoms with van der Waals surface area (Å²) in [6, 6.07) is 18.1. The van der Waals surface area contributed by atoms with Crippen LogP contribution in [0.25, 0.3) is 11.1 Å². The lowest BCUT2D eigenvalue weighted by Gasteiger charge is -2.20. The van der Waals surface area contributed by atoms with E-state index >= 15 is 0 Å². The Kier molecular flexibility index (Phi) is 5.85. The lowest BCUT2D eigenvalue weighted by molar-refractivity contribution is -0.131. The predicted octanol–water partition coefficient (Wildman–Crippen LogP) is 2.94. The summed E-state index contributed by atoms with van der Waals surface area (Å²) < 4.78 is 5.92. The molecule has 0 bridgehead atoms. The second-order valence-electron chi connectivity index (χ2n) is 5.94. The first-order chi connectivity index (χ1) is 11.8. The van der Waals surface area contributed by atoms with Gasteiger partial charge in [0, 0.05) is 25.2 Å². The number of ether oxygens (including phenoxy) is 1. The number of benzene rings is 2. The van der Waals surface area contributed by atoms with Crippen LogP contribution in [0.3, 0.4) is 0 Å². The van der Waals surface area contributed by atoms with Crippen molar-refractivity contribution in [3.63, 3.8) is 0 Å². The summed E-state index contributed by atoms with van der Waals surface area (Å²) in [6.07, 6.45) is 1.44. The van der Waals surface area contributed by atoms with E-state index in [2.05, 4.69) is 17.4 Å². The van der Waals surface area contributed by atoms with E-state index in [1.807, 2.05) is 47.4 Å². The summed E-state index contributed by atoms with van der Waals surface area (Å²) in [5.74, 6) is 1.00. The lowest BCUT2D eigenvalue weighted by atomic mass is 10.1. The highest BCUT2D eigenvalue weighted by Gasteiger charge is 2.15. The first-order valence-corrected chi connectivity index (χ1v) is 8.60. The van der Waals surface area contributed by atoms with Gasteiger partial charge in [-0.05, 0) is 24.6 Å². The highest BCUT2D eigenvalue weighted by Crippen LogP contribution is 2.29. The minimum absolute atomic E-state index is 0.177. The normalized spacial score (nSPS) is 14.9. The Hall–Kier alpha value is -2.33. The summed E-state index contributed by atoms with van der Waals surface area (Å²) >= 11 is 0. The van der Waals surface area contributed by atoms with E-state index in [0.29, 0.717) is 13.0 Å². The molecule has 2 aromatic carbocycles. The fourth-order valence-corrected chi connectivity index (χ4v) is 2.95. The summed E-state index contributed by atoms with van der Waals surface area (Å²) in [7, 11) is 0. The molecular weight excluding hydrogens is 300 g/mol. The van der Waals surface area contributed by atoms with Crippen molar-refractivity contribution in [3.05, 3.63) is 54.6 Å². The van der Waals surface area contributed by atoms with Crippen molar-refractivity contribution in [1.82, 2.24) is 10.2 Å². The zero-order chi connectivity index (χ0) is 16.6. The van der Waals surface area contributed by atoms with Crippen LogP contribution >= 0.6 is 0 Å². The van der Waals surface area contributed by atoms with E-state index in [-0.39, 0.29) is 5.91 Å². The molecular formula is C20H24N2O2. The summed E-state index contributed by atoms with van der Waals surface area (Å²) in [5, 5.41) is 3.31. The molecule has 0 radical (unpaired) electrons. The quantitative estimate of drug-likeness (QED) is 0.919. The molecule has 1 amide bonds. The van der Waals surface area contributed by atoms with Gasteiger partial charge in [0.2, 0.25) is 5.91 Å². The van der Waals surface area contributed by atoms with Crippen LogP contribution < -0.4 is 10.1 Å². The molecule has 0 spiro atoms. The maximum Gasteiger partial charge on any atom is 0.226 e. The van der Waals surface area contributed by atoms with Gasteiger partial charge in [0.05, 0.1) is 13.0 Å². The van der Waals surface area contributed by atoms with Crippen LogP contribution in [0.5, 0.6) is 5.75 Å². The summed E-state index contributed by atoms with van der Waals surface area (Å²) in [5.41, 5.74) is 2.18. The zero-order valence-corrected chi connectivity index (χ0v) is 13.9. The molecule has 1 aliphatic heterocycles. The Morgan fingerprint density at radius 3 is 2.67 bits per heavy atom. The van der Waals surface area contributed by atoms with Gasteiger partial charge in [0.25, 0.3) is 0 Å². The third-order valence-corrected chi connectivity index (χ3v) is 4.24. The Bertz CT molecular complexity index is 650. The first kappa shape index (κ1) is 16.5. The van der Waals surface area contributed by atoms with Crippen molar-refractivity contribution in [2.24, 2.45) is 0 Å². The van der Waals surface area contributed by atoms with Crippen molar-refractivity contribution in [1.29, 1.82) is 0 Å². The van der Waals surface area contributed by atoms with Crippen LogP contribution in [0.15, 0.2) is 54.6 Å². The number of carbonyl (C=O) groups excluding carboxylic acids is 1. The maximum atomic E-state index is 12.3. The minimum Gasteiger partial charge on any atom is -0.492 e. The fraction of sp³-hybridized carbons (Fsp3) is 0.350. The standard InChI is InChI=1S/C20H24N2O2/c23-20(22-14-6-12-21-13-15-22)11-16-24-19-10-5-4-9-18(19)17-7-2-1-3-8-17/h1-5,7-10,21H,6,11-16H2. The lowest BCUT2D eigenvalue weighted by Crippen LogP contribution is -2.34.